The van der Waals surface area contributed by atoms with Gasteiger partial charge in [0, 0.05) is 48.3 Å². The number of piperidine rings is 1. The summed E-state index contributed by atoms with van der Waals surface area (Å²) < 4.78 is 24.6. The Hall–Kier alpha value is -2.94. The highest BCUT2D eigenvalue weighted by atomic mass is 32.2. The van der Waals surface area contributed by atoms with Gasteiger partial charge < -0.3 is 4.90 Å². The van der Waals surface area contributed by atoms with E-state index in [1.165, 1.54) is 10.8 Å². The number of aromatic nitrogens is 3. The minimum atomic E-state index is -3.24. The first kappa shape index (κ1) is 21.3. The third-order valence-corrected chi connectivity index (χ3v) is 7.23. The predicted octanol–water partition coefficient (Wildman–Crippen LogP) is 1.99. The Morgan fingerprint density at radius 2 is 1.81 bits per heavy atom. The molecule has 1 N–H and O–H groups in total. The summed E-state index contributed by atoms with van der Waals surface area (Å²) in [4.78, 5) is 31.7. The minimum Gasteiger partial charge on any atom is -0.342 e. The lowest BCUT2D eigenvalue weighted by Crippen LogP contribution is -2.38. The van der Waals surface area contributed by atoms with Crippen molar-refractivity contribution in [2.75, 3.05) is 19.3 Å². The molecule has 1 aliphatic heterocycles. The summed E-state index contributed by atoms with van der Waals surface area (Å²) in [6, 6.07) is 8.40. The van der Waals surface area contributed by atoms with Gasteiger partial charge in [-0.15, -0.1) is 0 Å². The van der Waals surface area contributed by atoms with E-state index in [0.29, 0.717) is 24.3 Å². The first-order valence-corrected chi connectivity index (χ1v) is 12.2. The molecule has 0 saturated carbocycles. The van der Waals surface area contributed by atoms with Gasteiger partial charge in [0.25, 0.3) is 5.56 Å². The number of benzene rings is 1. The van der Waals surface area contributed by atoms with Gasteiger partial charge in [-0.25, -0.2) is 17.9 Å². The number of carbonyl (C=O) groups excluding carboxylic acids is 1. The first-order valence-electron chi connectivity index (χ1n) is 10.3. The van der Waals surface area contributed by atoms with Crippen LogP contribution in [0.4, 0.5) is 0 Å². The molecule has 0 bridgehead atoms. The maximum Gasteiger partial charge on any atom is 0.275 e. The van der Waals surface area contributed by atoms with Crippen molar-refractivity contribution in [2.24, 2.45) is 0 Å². The molecular formula is C22H26N4O4S. The van der Waals surface area contributed by atoms with Crippen LogP contribution < -0.4 is 5.56 Å². The van der Waals surface area contributed by atoms with Crippen LogP contribution >= 0.6 is 0 Å². The van der Waals surface area contributed by atoms with E-state index in [2.05, 4.69) is 10.1 Å². The van der Waals surface area contributed by atoms with Crippen LogP contribution in [0.25, 0.3) is 5.65 Å². The maximum atomic E-state index is 12.7. The molecule has 3 heterocycles. The van der Waals surface area contributed by atoms with Gasteiger partial charge in [0.05, 0.1) is 11.3 Å². The van der Waals surface area contributed by atoms with Crippen molar-refractivity contribution in [1.29, 1.82) is 0 Å². The van der Waals surface area contributed by atoms with E-state index in [9.17, 15) is 18.0 Å². The molecule has 0 unspecified atom stereocenters. The van der Waals surface area contributed by atoms with E-state index in [1.807, 2.05) is 17.9 Å². The van der Waals surface area contributed by atoms with Crippen molar-refractivity contribution in [1.82, 2.24) is 19.5 Å². The van der Waals surface area contributed by atoms with Crippen LogP contribution in [0, 0.1) is 13.8 Å². The van der Waals surface area contributed by atoms with Crippen LogP contribution in [0.3, 0.4) is 0 Å². The zero-order chi connectivity index (χ0) is 22.3. The average molecular weight is 443 g/mol. The fourth-order valence-corrected chi connectivity index (χ4v) is 4.66. The standard InChI is InChI=1S/C22H26N4O4S/c1-14-15(2)23-20-13-19(24-26(20)22(14)28)17-8-10-25(11-9-17)21(27)12-16-4-6-18(7-5-16)31(3,29)30/h4-7,13,17,24H,8-12H2,1-3H3. The highest BCUT2D eigenvalue weighted by Gasteiger charge is 2.25. The van der Waals surface area contributed by atoms with E-state index < -0.39 is 9.84 Å². The second kappa shape index (κ2) is 7.96. The van der Waals surface area contributed by atoms with Crippen LogP contribution in [-0.4, -0.2) is 53.2 Å². The Morgan fingerprint density at radius 1 is 1.16 bits per heavy atom. The SMILES string of the molecule is Cc1nc2cc(C3CCN(C(=O)Cc4ccc(S(C)(=O)=O)cc4)CC3)[nH]n2c(=O)c1C. The molecule has 9 heteroatoms. The van der Waals surface area contributed by atoms with Gasteiger partial charge in [0.2, 0.25) is 5.91 Å². The lowest BCUT2D eigenvalue weighted by atomic mass is 9.93. The molecule has 8 nitrogen and oxygen atoms in total. The molecule has 2 aromatic heterocycles. The number of sulfone groups is 1. The zero-order valence-electron chi connectivity index (χ0n) is 17.9. The molecule has 1 amide bonds. The maximum absolute atomic E-state index is 12.7. The van der Waals surface area contributed by atoms with E-state index in [0.717, 1.165) is 29.8 Å². The molecule has 3 aromatic rings. The van der Waals surface area contributed by atoms with Gasteiger partial charge in [-0.3, -0.25) is 14.7 Å². The number of fused-ring (bicyclic) bond motifs is 1. The van der Waals surface area contributed by atoms with Gasteiger partial charge in [-0.05, 0) is 44.4 Å². The van der Waals surface area contributed by atoms with E-state index in [1.54, 1.807) is 31.2 Å². The minimum absolute atomic E-state index is 0.0336. The molecule has 1 aromatic carbocycles. The van der Waals surface area contributed by atoms with Crippen molar-refractivity contribution in [3.8, 4) is 0 Å². The molecule has 1 fully saturated rings. The Morgan fingerprint density at radius 3 is 2.42 bits per heavy atom. The third kappa shape index (κ3) is 4.27. The Bertz CT molecular complexity index is 1300. The van der Waals surface area contributed by atoms with Gasteiger partial charge in [0.15, 0.2) is 15.5 Å². The number of carbonyl (C=O) groups is 1. The van der Waals surface area contributed by atoms with Crippen LogP contribution in [0.5, 0.6) is 0 Å². The molecule has 0 spiro atoms. The first-order chi connectivity index (χ1) is 14.6. The number of amides is 1. The van der Waals surface area contributed by atoms with Gasteiger partial charge in [-0.1, -0.05) is 12.1 Å². The van der Waals surface area contributed by atoms with Crippen molar-refractivity contribution >= 4 is 21.4 Å². The fraction of sp³-hybridized carbons (Fsp3) is 0.409. The molecular weight excluding hydrogens is 416 g/mol. The molecule has 0 atom stereocenters. The second-order valence-electron chi connectivity index (χ2n) is 8.28. The summed E-state index contributed by atoms with van der Waals surface area (Å²) in [5.74, 6) is 0.270. The average Bonchev–Trinajstić information content (AvgIpc) is 3.16. The second-order valence-corrected chi connectivity index (χ2v) is 10.3. The normalized spacial score (nSPS) is 15.5. The van der Waals surface area contributed by atoms with Crippen molar-refractivity contribution < 1.29 is 13.2 Å². The molecule has 164 valence electrons. The highest BCUT2D eigenvalue weighted by Crippen LogP contribution is 2.28. The number of nitrogens with zero attached hydrogens (tertiary/aromatic N) is 3. The molecule has 4 rings (SSSR count). The lowest BCUT2D eigenvalue weighted by molar-refractivity contribution is -0.131. The van der Waals surface area contributed by atoms with Crippen LogP contribution in [-0.2, 0) is 21.1 Å². The smallest absolute Gasteiger partial charge is 0.275 e. The number of likely N-dealkylation sites (tertiary alicyclic amines) is 1. The largest absolute Gasteiger partial charge is 0.342 e. The zero-order valence-corrected chi connectivity index (χ0v) is 18.7. The van der Waals surface area contributed by atoms with Gasteiger partial charge in [0.1, 0.15) is 0 Å². The third-order valence-electron chi connectivity index (χ3n) is 6.10. The Kier molecular flexibility index (Phi) is 5.47. The number of nitrogens with one attached hydrogen (secondary N) is 1. The number of hydrogen-bond acceptors (Lipinski definition) is 5. The van der Waals surface area contributed by atoms with E-state index >= 15 is 0 Å². The van der Waals surface area contributed by atoms with Crippen molar-refractivity contribution in [3.05, 3.63) is 63.2 Å². The van der Waals surface area contributed by atoms with Crippen LogP contribution in [0.2, 0.25) is 0 Å². The molecule has 31 heavy (non-hydrogen) atoms. The molecule has 1 saturated heterocycles. The van der Waals surface area contributed by atoms with E-state index in [-0.39, 0.29) is 28.7 Å². The lowest BCUT2D eigenvalue weighted by Gasteiger charge is -2.31. The van der Waals surface area contributed by atoms with Crippen LogP contribution in [0.15, 0.2) is 40.0 Å². The molecule has 0 radical (unpaired) electrons. The summed E-state index contributed by atoms with van der Waals surface area (Å²) in [6.07, 6.45) is 3.02. The summed E-state index contributed by atoms with van der Waals surface area (Å²) in [6.45, 7) is 4.89. The van der Waals surface area contributed by atoms with Crippen molar-refractivity contribution in [3.63, 3.8) is 0 Å². The van der Waals surface area contributed by atoms with Crippen LogP contribution in [0.1, 0.15) is 41.3 Å². The molecule has 0 aliphatic carbocycles. The monoisotopic (exact) mass is 442 g/mol. The number of aryl methyl sites for hydroxylation is 1. The Labute approximate surface area is 180 Å². The summed E-state index contributed by atoms with van der Waals surface area (Å²) in [5.41, 5.74) is 3.68. The topological polar surface area (TPSA) is 105 Å². The molecule has 1 aliphatic rings. The summed E-state index contributed by atoms with van der Waals surface area (Å²) in [7, 11) is -3.24. The quantitative estimate of drug-likeness (QED) is 0.665. The highest BCUT2D eigenvalue weighted by molar-refractivity contribution is 7.90. The fourth-order valence-electron chi connectivity index (χ4n) is 4.03. The summed E-state index contributed by atoms with van der Waals surface area (Å²) in [5, 5.41) is 3.19. The van der Waals surface area contributed by atoms with Gasteiger partial charge >= 0.3 is 0 Å². The van der Waals surface area contributed by atoms with Gasteiger partial charge in [-0.2, -0.15) is 0 Å². The number of hydrogen-bond donors (Lipinski definition) is 1. The predicted molar refractivity (Wildman–Crippen MR) is 117 cm³/mol. The number of rotatable bonds is 4. The van der Waals surface area contributed by atoms with Crippen molar-refractivity contribution in [2.45, 2.75) is 43.9 Å². The van der Waals surface area contributed by atoms with E-state index in [4.69, 9.17) is 0 Å². The summed E-state index contributed by atoms with van der Waals surface area (Å²) >= 11 is 0. The number of aromatic amines is 1. The Balaban J connectivity index is 1.40. The number of H-pyrrole nitrogens is 1.